The molecule has 2 atom stereocenters. The third-order valence-corrected chi connectivity index (χ3v) is 5.55. The first-order valence-electron chi connectivity index (χ1n) is 7.91. The van der Waals surface area contributed by atoms with Gasteiger partial charge in [0.15, 0.2) is 14.9 Å². The summed E-state index contributed by atoms with van der Waals surface area (Å²) < 4.78 is 22.7. The van der Waals surface area contributed by atoms with Crippen LogP contribution in [0.25, 0.3) is 0 Å². The van der Waals surface area contributed by atoms with E-state index in [1.54, 1.807) is 6.07 Å². The van der Waals surface area contributed by atoms with E-state index < -0.39 is 9.84 Å². The minimum absolute atomic E-state index is 0.00269. The number of sulfone groups is 1. The number of nitrogens with zero attached hydrogens (tertiary/aromatic N) is 2. The molecular formula is C15H22N4O3S. The molecule has 2 fully saturated rings. The van der Waals surface area contributed by atoms with E-state index in [0.717, 1.165) is 32.2 Å². The standard InChI is InChI=1S/C15H22N4O3S/c1-23(21,22)14-6-5-11(10-16-14)17-15(20)18-12-7-9-19-8-3-2-4-13(12)19/h5-6,10,12-13H,2-4,7-9H2,1H3,(H2,17,18,20)/t12-,13+/m1/s1. The van der Waals surface area contributed by atoms with Gasteiger partial charge in [0, 0.05) is 24.9 Å². The van der Waals surface area contributed by atoms with E-state index in [-0.39, 0.29) is 17.1 Å². The fourth-order valence-corrected chi connectivity index (χ4v) is 3.98. The van der Waals surface area contributed by atoms with Gasteiger partial charge in [0.05, 0.1) is 11.9 Å². The molecule has 0 aromatic carbocycles. The average Bonchev–Trinajstić information content (AvgIpc) is 2.90. The Kier molecular flexibility index (Phi) is 4.54. The molecule has 2 N–H and O–H groups in total. The minimum Gasteiger partial charge on any atom is -0.334 e. The largest absolute Gasteiger partial charge is 0.334 e. The molecule has 0 unspecified atom stereocenters. The van der Waals surface area contributed by atoms with Crippen LogP contribution in [0, 0.1) is 0 Å². The lowest BCUT2D eigenvalue weighted by Crippen LogP contribution is -2.47. The number of hydrogen-bond acceptors (Lipinski definition) is 5. The van der Waals surface area contributed by atoms with Crippen LogP contribution in [0.5, 0.6) is 0 Å². The van der Waals surface area contributed by atoms with E-state index in [0.29, 0.717) is 11.7 Å². The van der Waals surface area contributed by atoms with Crippen molar-refractivity contribution in [2.45, 2.75) is 42.8 Å². The Morgan fingerprint density at radius 3 is 2.78 bits per heavy atom. The lowest BCUT2D eigenvalue weighted by molar-refractivity contribution is 0.180. The van der Waals surface area contributed by atoms with Gasteiger partial charge in [-0.15, -0.1) is 0 Å². The predicted molar refractivity (Wildman–Crippen MR) is 87.1 cm³/mol. The molecule has 1 aromatic rings. The second kappa shape index (κ2) is 6.45. The molecule has 2 saturated heterocycles. The number of rotatable bonds is 3. The van der Waals surface area contributed by atoms with Crippen molar-refractivity contribution in [1.29, 1.82) is 0 Å². The van der Waals surface area contributed by atoms with Gasteiger partial charge in [0.1, 0.15) is 0 Å². The van der Waals surface area contributed by atoms with Crippen LogP contribution in [0.4, 0.5) is 10.5 Å². The van der Waals surface area contributed by atoms with Gasteiger partial charge in [-0.25, -0.2) is 18.2 Å². The first-order valence-corrected chi connectivity index (χ1v) is 9.80. The fourth-order valence-electron chi connectivity index (χ4n) is 3.42. The number of urea groups is 1. The summed E-state index contributed by atoms with van der Waals surface area (Å²) in [5.41, 5.74) is 0.480. The molecule has 3 rings (SSSR count). The monoisotopic (exact) mass is 338 g/mol. The Morgan fingerprint density at radius 2 is 2.09 bits per heavy atom. The highest BCUT2D eigenvalue weighted by atomic mass is 32.2. The number of nitrogens with one attached hydrogen (secondary N) is 2. The summed E-state index contributed by atoms with van der Waals surface area (Å²) in [4.78, 5) is 18.5. The maximum absolute atomic E-state index is 12.1. The summed E-state index contributed by atoms with van der Waals surface area (Å²) in [6.45, 7) is 2.17. The molecule has 2 amide bonds. The van der Waals surface area contributed by atoms with Gasteiger partial charge in [0.2, 0.25) is 0 Å². The van der Waals surface area contributed by atoms with Crippen LogP contribution in [0.15, 0.2) is 23.4 Å². The van der Waals surface area contributed by atoms with E-state index in [1.807, 2.05) is 0 Å². The van der Waals surface area contributed by atoms with Gasteiger partial charge in [-0.05, 0) is 37.9 Å². The molecule has 0 radical (unpaired) electrons. The highest BCUT2D eigenvalue weighted by molar-refractivity contribution is 7.90. The van der Waals surface area contributed by atoms with E-state index in [1.165, 1.54) is 25.1 Å². The van der Waals surface area contributed by atoms with Crippen molar-refractivity contribution in [3.8, 4) is 0 Å². The fraction of sp³-hybridized carbons (Fsp3) is 0.600. The highest BCUT2D eigenvalue weighted by Crippen LogP contribution is 2.27. The van der Waals surface area contributed by atoms with Gasteiger partial charge < -0.3 is 10.6 Å². The normalized spacial score (nSPS) is 24.9. The van der Waals surface area contributed by atoms with E-state index in [4.69, 9.17) is 0 Å². The van der Waals surface area contributed by atoms with Gasteiger partial charge in [0.25, 0.3) is 0 Å². The van der Waals surface area contributed by atoms with Crippen LogP contribution < -0.4 is 10.6 Å². The average molecular weight is 338 g/mol. The topological polar surface area (TPSA) is 91.4 Å². The maximum atomic E-state index is 12.1. The molecule has 3 heterocycles. The zero-order valence-electron chi connectivity index (χ0n) is 13.2. The summed E-state index contributed by atoms with van der Waals surface area (Å²) in [6.07, 6.45) is 7.03. The lowest BCUT2D eigenvalue weighted by Gasteiger charge is -2.32. The summed E-state index contributed by atoms with van der Waals surface area (Å²) in [7, 11) is -3.32. The van der Waals surface area contributed by atoms with Crippen molar-refractivity contribution in [2.24, 2.45) is 0 Å². The third kappa shape index (κ3) is 3.81. The Bertz CT molecular complexity index is 674. The highest BCUT2D eigenvalue weighted by Gasteiger charge is 2.36. The second-order valence-electron chi connectivity index (χ2n) is 6.25. The molecule has 126 valence electrons. The molecule has 8 heteroatoms. The maximum Gasteiger partial charge on any atom is 0.319 e. The molecule has 7 nitrogen and oxygen atoms in total. The van der Waals surface area contributed by atoms with Crippen LogP contribution in [0.3, 0.4) is 0 Å². The van der Waals surface area contributed by atoms with Gasteiger partial charge in [-0.3, -0.25) is 4.90 Å². The first-order chi connectivity index (χ1) is 10.9. The molecule has 2 aliphatic heterocycles. The van der Waals surface area contributed by atoms with Crippen LogP contribution in [0.1, 0.15) is 25.7 Å². The van der Waals surface area contributed by atoms with E-state index in [2.05, 4.69) is 20.5 Å². The third-order valence-electron chi connectivity index (χ3n) is 4.55. The molecule has 2 aliphatic rings. The summed E-state index contributed by atoms with van der Waals surface area (Å²) in [6, 6.07) is 3.29. The molecule has 0 saturated carbocycles. The lowest BCUT2D eigenvalue weighted by atomic mass is 9.99. The molecular weight excluding hydrogens is 316 g/mol. The van der Waals surface area contributed by atoms with Gasteiger partial charge >= 0.3 is 6.03 Å². The molecule has 0 spiro atoms. The number of piperidine rings is 1. The smallest absolute Gasteiger partial charge is 0.319 e. The Morgan fingerprint density at radius 1 is 1.26 bits per heavy atom. The summed E-state index contributed by atoms with van der Waals surface area (Å²) in [5, 5.41) is 5.75. The number of carbonyl (C=O) groups excluding carboxylic acids is 1. The van der Waals surface area contributed by atoms with Gasteiger partial charge in [-0.2, -0.15) is 0 Å². The number of pyridine rings is 1. The number of hydrogen-bond donors (Lipinski definition) is 2. The molecule has 23 heavy (non-hydrogen) atoms. The van der Waals surface area contributed by atoms with Crippen molar-refractivity contribution >= 4 is 21.6 Å². The number of carbonyl (C=O) groups is 1. The van der Waals surface area contributed by atoms with Gasteiger partial charge in [-0.1, -0.05) is 6.42 Å². The molecule has 0 bridgehead atoms. The van der Waals surface area contributed by atoms with E-state index in [9.17, 15) is 13.2 Å². The number of fused-ring (bicyclic) bond motifs is 1. The Hall–Kier alpha value is -1.67. The van der Waals surface area contributed by atoms with Crippen molar-refractivity contribution in [3.05, 3.63) is 18.3 Å². The van der Waals surface area contributed by atoms with Crippen LogP contribution in [0.2, 0.25) is 0 Å². The van der Waals surface area contributed by atoms with Crippen LogP contribution >= 0.6 is 0 Å². The summed E-state index contributed by atoms with van der Waals surface area (Å²) >= 11 is 0. The Balaban J connectivity index is 1.57. The first kappa shape index (κ1) is 16.2. The number of amides is 2. The predicted octanol–water partition coefficient (Wildman–Crippen LogP) is 1.23. The van der Waals surface area contributed by atoms with Crippen LogP contribution in [-0.4, -0.2) is 55.8 Å². The number of anilines is 1. The zero-order chi connectivity index (χ0) is 16.4. The minimum atomic E-state index is -3.32. The quantitative estimate of drug-likeness (QED) is 0.865. The summed E-state index contributed by atoms with van der Waals surface area (Å²) in [5.74, 6) is 0. The van der Waals surface area contributed by atoms with Crippen molar-refractivity contribution in [3.63, 3.8) is 0 Å². The SMILES string of the molecule is CS(=O)(=O)c1ccc(NC(=O)N[C@@H]2CCN3CCCC[C@@H]23)cn1. The second-order valence-corrected chi connectivity index (χ2v) is 8.21. The van der Waals surface area contributed by atoms with Crippen molar-refractivity contribution in [2.75, 3.05) is 24.7 Å². The van der Waals surface area contributed by atoms with E-state index >= 15 is 0 Å². The Labute approximate surface area is 136 Å². The zero-order valence-corrected chi connectivity index (χ0v) is 14.0. The van der Waals surface area contributed by atoms with Crippen molar-refractivity contribution < 1.29 is 13.2 Å². The number of aromatic nitrogens is 1. The van der Waals surface area contributed by atoms with Crippen LogP contribution in [-0.2, 0) is 9.84 Å². The van der Waals surface area contributed by atoms with Crippen molar-refractivity contribution in [1.82, 2.24) is 15.2 Å². The molecule has 0 aliphatic carbocycles. The molecule has 1 aromatic heterocycles.